The molecular weight excluding hydrogens is 134 g/mol. The number of allylic oxidation sites excluding steroid dienone is 1. The zero-order valence-electron chi connectivity index (χ0n) is 8.09. The Morgan fingerprint density at radius 2 is 2.17 bits per heavy atom. The Kier molecular flexibility index (Phi) is 11.3. The van der Waals surface area contributed by atoms with Crippen LogP contribution < -0.4 is 37.7 Å². The van der Waals surface area contributed by atoms with Gasteiger partial charge in [0, 0.05) is 0 Å². The molecule has 0 nitrogen and oxygen atoms in total. The first-order valence-corrected chi connectivity index (χ1v) is 3.47. The first-order chi connectivity index (χ1) is 4.93. The van der Waals surface area contributed by atoms with Gasteiger partial charge < -0.3 is 17.7 Å². The molecule has 0 fully saturated rings. The van der Waals surface area contributed by atoms with Gasteiger partial charge in [0.05, 0.1) is 0 Å². The average molecular weight is 144 g/mol. The van der Waals surface area contributed by atoms with Crippen molar-refractivity contribution in [2.45, 2.75) is 13.3 Å². The second-order valence-electron chi connectivity index (χ2n) is 2.02. The normalized spacial score (nSPS) is 8.75. The van der Waals surface area contributed by atoms with Gasteiger partial charge in [-0.15, -0.1) is 12.5 Å². The topological polar surface area (TPSA) is 0 Å². The molecule has 0 aromatic heterocycles. The van der Waals surface area contributed by atoms with E-state index in [-0.39, 0.29) is 37.7 Å². The van der Waals surface area contributed by atoms with Crippen LogP contribution in [0.1, 0.15) is 18.9 Å². The Bertz CT molecular complexity index is 204. The third-order valence-electron chi connectivity index (χ3n) is 1.19. The Morgan fingerprint density at radius 3 is 2.67 bits per heavy atom. The molecule has 2 heteroatoms. The smallest absolute Gasteiger partial charge is 0.327 e. The first-order valence-electron chi connectivity index (χ1n) is 3.47. The summed E-state index contributed by atoms with van der Waals surface area (Å²) < 4.78 is 0. The summed E-state index contributed by atoms with van der Waals surface area (Å²) in [5.41, 5.74) is 1.10. The van der Waals surface area contributed by atoms with E-state index in [0.29, 0.717) is 0 Å². The minimum absolute atomic E-state index is 0. The van der Waals surface area contributed by atoms with E-state index >= 15 is 0 Å². The van der Waals surface area contributed by atoms with E-state index in [9.17, 15) is 0 Å². The molecule has 1 aromatic carbocycles. The number of rotatable bonds is 2. The summed E-state index contributed by atoms with van der Waals surface area (Å²) in [6.07, 6.45) is 6.03. The molecule has 0 spiro atoms. The Hall–Kier alpha value is 0.155. The van der Waals surface area contributed by atoms with Crippen LogP contribution in [0.2, 0.25) is 0 Å². The standard InChI is InChI=1S/C10H10.2Li/c1-2-3-7-10-8-5-4-6-9-10;;/h4-8H,2H2,1H3;;/q-2;2*+1. The van der Waals surface area contributed by atoms with Crippen LogP contribution in [0.15, 0.2) is 24.3 Å². The molecule has 0 atom stereocenters. The van der Waals surface area contributed by atoms with E-state index in [0.717, 1.165) is 12.0 Å². The third kappa shape index (κ3) is 5.76. The summed E-state index contributed by atoms with van der Waals surface area (Å²) in [4.78, 5) is 0. The van der Waals surface area contributed by atoms with E-state index in [4.69, 9.17) is 0 Å². The van der Waals surface area contributed by atoms with E-state index in [1.165, 1.54) is 0 Å². The van der Waals surface area contributed by atoms with Crippen LogP contribution in [0, 0.1) is 12.1 Å². The SMILES string of the molecule is CC[C-]=Cc1[c-]cccc1.[Li+].[Li+]. The fourth-order valence-corrected chi connectivity index (χ4v) is 0.709. The van der Waals surface area contributed by atoms with Gasteiger partial charge in [0.2, 0.25) is 0 Å². The average Bonchev–Trinajstić information content (AvgIpc) is 2.03. The third-order valence-corrected chi connectivity index (χ3v) is 1.19. The van der Waals surface area contributed by atoms with Gasteiger partial charge in [0.1, 0.15) is 0 Å². The Balaban J connectivity index is 0. The second-order valence-corrected chi connectivity index (χ2v) is 2.02. The molecule has 0 amide bonds. The maximum atomic E-state index is 3.11. The van der Waals surface area contributed by atoms with Crippen molar-refractivity contribution in [2.24, 2.45) is 0 Å². The van der Waals surface area contributed by atoms with Crippen LogP contribution in [0.5, 0.6) is 0 Å². The van der Waals surface area contributed by atoms with Gasteiger partial charge in [-0.05, 0) is 0 Å². The van der Waals surface area contributed by atoms with E-state index in [2.05, 4.69) is 19.1 Å². The van der Waals surface area contributed by atoms with Crippen LogP contribution in [0.25, 0.3) is 6.08 Å². The Labute approximate surface area is 98.8 Å². The Morgan fingerprint density at radius 1 is 1.42 bits per heavy atom. The van der Waals surface area contributed by atoms with Crippen LogP contribution >= 0.6 is 0 Å². The van der Waals surface area contributed by atoms with Crippen molar-refractivity contribution in [3.8, 4) is 0 Å². The predicted octanol–water partition coefficient (Wildman–Crippen LogP) is -3.28. The van der Waals surface area contributed by atoms with Gasteiger partial charge in [0.15, 0.2) is 0 Å². The largest absolute Gasteiger partial charge is 1.00 e. The summed E-state index contributed by atoms with van der Waals surface area (Å²) in [7, 11) is 0. The van der Waals surface area contributed by atoms with Crippen LogP contribution in [0.4, 0.5) is 0 Å². The van der Waals surface area contributed by atoms with Crippen molar-refractivity contribution in [1.29, 1.82) is 0 Å². The molecule has 0 aliphatic rings. The maximum Gasteiger partial charge on any atom is 1.00 e. The van der Waals surface area contributed by atoms with Crippen molar-refractivity contribution < 1.29 is 37.7 Å². The first kappa shape index (κ1) is 14.7. The molecule has 1 aromatic rings. The molecule has 0 heterocycles. The van der Waals surface area contributed by atoms with Gasteiger partial charge in [-0.1, -0.05) is 6.92 Å². The molecule has 0 N–H and O–H groups in total. The molecule has 0 saturated heterocycles. The van der Waals surface area contributed by atoms with Crippen molar-refractivity contribution in [2.75, 3.05) is 0 Å². The molecule has 0 aliphatic carbocycles. The summed E-state index contributed by atoms with van der Waals surface area (Å²) in [6.45, 7) is 2.07. The minimum Gasteiger partial charge on any atom is -0.327 e. The van der Waals surface area contributed by atoms with Crippen LogP contribution in [-0.4, -0.2) is 0 Å². The molecule has 52 valence electrons. The van der Waals surface area contributed by atoms with Gasteiger partial charge in [-0.2, -0.15) is 12.1 Å². The van der Waals surface area contributed by atoms with Gasteiger partial charge >= 0.3 is 37.7 Å². The molecule has 0 bridgehead atoms. The van der Waals surface area contributed by atoms with E-state index < -0.39 is 0 Å². The second kappa shape index (κ2) is 9.24. The molecular formula is C10H10Li2. The molecule has 0 radical (unpaired) electrons. The van der Waals surface area contributed by atoms with Gasteiger partial charge in [0.25, 0.3) is 0 Å². The monoisotopic (exact) mass is 144 g/mol. The minimum atomic E-state index is 0. The van der Waals surface area contributed by atoms with Crippen molar-refractivity contribution in [1.82, 2.24) is 0 Å². The summed E-state index contributed by atoms with van der Waals surface area (Å²) in [5, 5.41) is 0. The van der Waals surface area contributed by atoms with Gasteiger partial charge in [-0.25, -0.2) is 12.1 Å². The zero-order valence-corrected chi connectivity index (χ0v) is 8.09. The fraction of sp³-hybridized carbons (Fsp3) is 0.200. The van der Waals surface area contributed by atoms with Crippen molar-refractivity contribution >= 4 is 6.08 Å². The number of hydrogen-bond acceptors (Lipinski definition) is 0. The fourth-order valence-electron chi connectivity index (χ4n) is 0.709. The quantitative estimate of drug-likeness (QED) is 0.301. The molecule has 0 saturated carbocycles. The maximum absolute atomic E-state index is 3.11. The summed E-state index contributed by atoms with van der Waals surface area (Å²) in [6, 6.07) is 11.0. The van der Waals surface area contributed by atoms with E-state index in [1.807, 2.05) is 30.3 Å². The van der Waals surface area contributed by atoms with Crippen molar-refractivity contribution in [3.63, 3.8) is 0 Å². The zero-order chi connectivity index (χ0) is 7.23. The number of hydrogen-bond donors (Lipinski definition) is 0. The number of benzene rings is 1. The van der Waals surface area contributed by atoms with Crippen molar-refractivity contribution in [3.05, 3.63) is 42.0 Å². The molecule has 12 heavy (non-hydrogen) atoms. The van der Waals surface area contributed by atoms with Gasteiger partial charge in [-0.3, -0.25) is 0 Å². The summed E-state index contributed by atoms with van der Waals surface area (Å²) in [5.74, 6) is 0. The molecule has 0 unspecified atom stereocenters. The van der Waals surface area contributed by atoms with E-state index in [1.54, 1.807) is 0 Å². The van der Waals surface area contributed by atoms with Crippen LogP contribution in [-0.2, 0) is 0 Å². The molecule has 0 aliphatic heterocycles. The predicted molar refractivity (Wildman–Crippen MR) is 43.3 cm³/mol. The summed E-state index contributed by atoms with van der Waals surface area (Å²) >= 11 is 0. The van der Waals surface area contributed by atoms with Crippen LogP contribution in [0.3, 0.4) is 0 Å². The molecule has 1 rings (SSSR count).